The molecule has 18 heavy (non-hydrogen) atoms. The predicted octanol–water partition coefficient (Wildman–Crippen LogP) is 0.280. The normalized spacial score (nSPS) is 22.9. The lowest BCUT2D eigenvalue weighted by atomic mass is 9.87. The molecule has 1 fully saturated rings. The Morgan fingerprint density at radius 3 is 2.72 bits per heavy atom. The standard InChI is InChI=1S/C12H22N2O4/c1-5-6-7-18-8-9-10(11(15)13(9)2)12(16)14(3)17-4/h9-10H,5-8H2,1-4H3/t9-,10-/m0/s1. The Kier molecular flexibility index (Phi) is 5.55. The van der Waals surface area contributed by atoms with Crippen molar-refractivity contribution in [2.24, 2.45) is 5.92 Å². The molecule has 0 radical (unpaired) electrons. The summed E-state index contributed by atoms with van der Waals surface area (Å²) in [6.07, 6.45) is 2.05. The smallest absolute Gasteiger partial charge is 0.260 e. The van der Waals surface area contributed by atoms with E-state index in [1.807, 2.05) is 0 Å². The van der Waals surface area contributed by atoms with Gasteiger partial charge in [-0.05, 0) is 6.42 Å². The predicted molar refractivity (Wildman–Crippen MR) is 65.6 cm³/mol. The van der Waals surface area contributed by atoms with E-state index in [1.54, 1.807) is 11.9 Å². The van der Waals surface area contributed by atoms with Crippen LogP contribution in [-0.2, 0) is 19.2 Å². The third-order valence-electron chi connectivity index (χ3n) is 3.28. The van der Waals surface area contributed by atoms with E-state index in [9.17, 15) is 9.59 Å². The number of hydrogen-bond acceptors (Lipinski definition) is 4. The molecule has 6 heteroatoms. The average molecular weight is 258 g/mol. The van der Waals surface area contributed by atoms with E-state index in [1.165, 1.54) is 14.2 Å². The number of likely N-dealkylation sites (tertiary alicyclic amines) is 1. The third kappa shape index (κ3) is 3.00. The van der Waals surface area contributed by atoms with E-state index < -0.39 is 5.92 Å². The van der Waals surface area contributed by atoms with Crippen LogP contribution in [0.3, 0.4) is 0 Å². The van der Waals surface area contributed by atoms with Crippen LogP contribution < -0.4 is 0 Å². The van der Waals surface area contributed by atoms with E-state index in [-0.39, 0.29) is 17.9 Å². The fraction of sp³-hybridized carbons (Fsp3) is 0.833. The molecule has 1 heterocycles. The second-order valence-electron chi connectivity index (χ2n) is 4.44. The van der Waals surface area contributed by atoms with Gasteiger partial charge >= 0.3 is 0 Å². The van der Waals surface area contributed by atoms with Crippen LogP contribution in [0.15, 0.2) is 0 Å². The minimum Gasteiger partial charge on any atom is -0.379 e. The lowest BCUT2D eigenvalue weighted by molar-refractivity contribution is -0.189. The van der Waals surface area contributed by atoms with Gasteiger partial charge in [0.05, 0.1) is 19.8 Å². The molecule has 0 N–H and O–H groups in total. The van der Waals surface area contributed by atoms with Crippen LogP contribution in [-0.4, -0.2) is 62.2 Å². The minimum atomic E-state index is -0.665. The molecule has 1 rings (SSSR count). The first kappa shape index (κ1) is 14.9. The van der Waals surface area contributed by atoms with Gasteiger partial charge in [-0.15, -0.1) is 0 Å². The molecule has 0 aliphatic carbocycles. The van der Waals surface area contributed by atoms with Gasteiger partial charge < -0.3 is 9.64 Å². The van der Waals surface area contributed by atoms with Crippen LogP contribution >= 0.6 is 0 Å². The zero-order chi connectivity index (χ0) is 13.7. The van der Waals surface area contributed by atoms with Gasteiger partial charge in [-0.3, -0.25) is 14.4 Å². The quantitative estimate of drug-likeness (QED) is 0.285. The van der Waals surface area contributed by atoms with Crippen molar-refractivity contribution in [2.45, 2.75) is 25.8 Å². The number of ether oxygens (including phenoxy) is 1. The highest BCUT2D eigenvalue weighted by molar-refractivity contribution is 6.05. The second kappa shape index (κ2) is 6.70. The largest absolute Gasteiger partial charge is 0.379 e. The summed E-state index contributed by atoms with van der Waals surface area (Å²) >= 11 is 0. The summed E-state index contributed by atoms with van der Waals surface area (Å²) in [5, 5.41) is 1.09. The SMILES string of the molecule is CCCCOC[C@H]1[C@H](C(=O)N(C)OC)C(=O)N1C. The summed E-state index contributed by atoms with van der Waals surface area (Å²) in [7, 11) is 4.59. The number of nitrogens with zero attached hydrogens (tertiary/aromatic N) is 2. The van der Waals surface area contributed by atoms with E-state index in [4.69, 9.17) is 9.57 Å². The highest BCUT2D eigenvalue weighted by Gasteiger charge is 2.50. The van der Waals surface area contributed by atoms with Gasteiger partial charge in [0.15, 0.2) is 0 Å². The Labute approximate surface area is 108 Å². The van der Waals surface area contributed by atoms with E-state index in [0.29, 0.717) is 13.2 Å². The van der Waals surface area contributed by atoms with Crippen LogP contribution in [0.1, 0.15) is 19.8 Å². The van der Waals surface area contributed by atoms with Crippen molar-refractivity contribution in [1.29, 1.82) is 0 Å². The number of carbonyl (C=O) groups is 2. The number of β-lactam (4-membered cyclic amide) rings is 1. The monoisotopic (exact) mass is 258 g/mol. The maximum absolute atomic E-state index is 11.9. The van der Waals surface area contributed by atoms with Gasteiger partial charge in [0, 0.05) is 20.7 Å². The molecule has 1 aliphatic rings. The summed E-state index contributed by atoms with van der Waals surface area (Å²) in [6, 6.07) is -0.181. The average Bonchev–Trinajstić information content (AvgIpc) is 2.39. The zero-order valence-electron chi connectivity index (χ0n) is 11.5. The molecule has 0 bridgehead atoms. The summed E-state index contributed by atoms with van der Waals surface area (Å²) in [5.74, 6) is -1.15. The number of amides is 2. The third-order valence-corrected chi connectivity index (χ3v) is 3.28. The van der Waals surface area contributed by atoms with Gasteiger partial charge in [0.2, 0.25) is 5.91 Å². The van der Waals surface area contributed by atoms with Gasteiger partial charge in [-0.2, -0.15) is 0 Å². The van der Waals surface area contributed by atoms with E-state index in [0.717, 1.165) is 17.9 Å². The van der Waals surface area contributed by atoms with E-state index in [2.05, 4.69) is 6.92 Å². The molecule has 0 aromatic carbocycles. The van der Waals surface area contributed by atoms with Crippen LogP contribution in [0.4, 0.5) is 0 Å². The first-order chi connectivity index (χ1) is 8.54. The van der Waals surface area contributed by atoms with Crippen molar-refractivity contribution in [3.05, 3.63) is 0 Å². The maximum atomic E-state index is 11.9. The number of hydroxylamine groups is 2. The second-order valence-corrected chi connectivity index (χ2v) is 4.44. The van der Waals surface area contributed by atoms with Crippen LogP contribution in [0.2, 0.25) is 0 Å². The summed E-state index contributed by atoms with van der Waals surface area (Å²) in [4.78, 5) is 30.0. The van der Waals surface area contributed by atoms with Gasteiger partial charge in [-0.25, -0.2) is 5.06 Å². The molecular weight excluding hydrogens is 236 g/mol. The highest BCUT2D eigenvalue weighted by atomic mass is 16.7. The fourth-order valence-corrected chi connectivity index (χ4v) is 1.90. The molecule has 104 valence electrons. The highest BCUT2D eigenvalue weighted by Crippen LogP contribution is 2.27. The number of unbranched alkanes of at least 4 members (excludes halogenated alkanes) is 1. The number of rotatable bonds is 7. The minimum absolute atomic E-state index is 0.173. The molecule has 2 amide bonds. The molecule has 2 atom stereocenters. The topological polar surface area (TPSA) is 59.1 Å². The summed E-state index contributed by atoms with van der Waals surface area (Å²) in [5.41, 5.74) is 0. The van der Waals surface area contributed by atoms with Gasteiger partial charge in [0.1, 0.15) is 5.92 Å². The van der Waals surface area contributed by atoms with Crippen molar-refractivity contribution < 1.29 is 19.2 Å². The molecule has 6 nitrogen and oxygen atoms in total. The summed E-state index contributed by atoms with van der Waals surface area (Å²) in [6.45, 7) is 3.15. The Morgan fingerprint density at radius 2 is 2.17 bits per heavy atom. The van der Waals surface area contributed by atoms with Gasteiger partial charge in [0.25, 0.3) is 5.91 Å². The van der Waals surface area contributed by atoms with E-state index >= 15 is 0 Å². The lowest BCUT2D eigenvalue weighted by Crippen LogP contribution is -2.65. The van der Waals surface area contributed by atoms with Crippen molar-refractivity contribution in [3.8, 4) is 0 Å². The molecule has 0 spiro atoms. The molecule has 1 saturated heterocycles. The van der Waals surface area contributed by atoms with Crippen molar-refractivity contribution >= 4 is 11.8 Å². The Morgan fingerprint density at radius 1 is 1.50 bits per heavy atom. The molecule has 0 saturated carbocycles. The number of carbonyl (C=O) groups excluding carboxylic acids is 2. The Balaban J connectivity index is 2.49. The zero-order valence-corrected chi connectivity index (χ0v) is 11.5. The molecule has 0 aromatic rings. The Bertz CT molecular complexity index is 308. The van der Waals surface area contributed by atoms with Crippen LogP contribution in [0, 0.1) is 5.92 Å². The lowest BCUT2D eigenvalue weighted by Gasteiger charge is -2.44. The summed E-state index contributed by atoms with van der Waals surface area (Å²) < 4.78 is 5.49. The molecule has 1 aliphatic heterocycles. The maximum Gasteiger partial charge on any atom is 0.260 e. The Hall–Kier alpha value is -1.14. The fourth-order valence-electron chi connectivity index (χ4n) is 1.90. The number of hydrogen-bond donors (Lipinski definition) is 0. The van der Waals surface area contributed by atoms with Gasteiger partial charge in [-0.1, -0.05) is 13.3 Å². The van der Waals surface area contributed by atoms with Crippen molar-refractivity contribution in [2.75, 3.05) is 34.4 Å². The molecule has 0 aromatic heterocycles. The molecular formula is C12H22N2O4. The first-order valence-electron chi connectivity index (χ1n) is 6.20. The first-order valence-corrected chi connectivity index (χ1v) is 6.20. The number of likely N-dealkylation sites (N-methyl/N-ethyl adjacent to an activating group) is 1. The molecule has 0 unspecified atom stereocenters. The van der Waals surface area contributed by atoms with Crippen molar-refractivity contribution in [3.63, 3.8) is 0 Å². The van der Waals surface area contributed by atoms with Crippen molar-refractivity contribution in [1.82, 2.24) is 9.96 Å². The van der Waals surface area contributed by atoms with Crippen LogP contribution in [0.25, 0.3) is 0 Å². The van der Waals surface area contributed by atoms with Crippen LogP contribution in [0.5, 0.6) is 0 Å².